The zero-order valence-electron chi connectivity index (χ0n) is 11.9. The van der Waals surface area contributed by atoms with Crippen molar-refractivity contribution in [3.8, 4) is 5.75 Å². The summed E-state index contributed by atoms with van der Waals surface area (Å²) in [4.78, 5) is 16.2. The lowest BCUT2D eigenvalue weighted by Gasteiger charge is -2.10. The summed E-state index contributed by atoms with van der Waals surface area (Å²) in [6.07, 6.45) is 4.76. The van der Waals surface area contributed by atoms with E-state index in [0.29, 0.717) is 6.42 Å². The quantitative estimate of drug-likeness (QED) is 0.807. The number of ketones is 1. The second kappa shape index (κ2) is 6.85. The van der Waals surface area contributed by atoms with Crippen LogP contribution in [0.15, 0.2) is 48.8 Å². The molecule has 0 saturated heterocycles. The van der Waals surface area contributed by atoms with Gasteiger partial charge in [-0.1, -0.05) is 19.1 Å². The summed E-state index contributed by atoms with van der Waals surface area (Å²) < 4.78 is 5.12. The molecule has 3 heteroatoms. The van der Waals surface area contributed by atoms with Gasteiger partial charge in [-0.25, -0.2) is 0 Å². The van der Waals surface area contributed by atoms with E-state index < -0.39 is 0 Å². The number of carbonyl (C=O) groups is 1. The molecular formula is C17H19NO2. The number of aryl methyl sites for hydroxylation is 1. The molecule has 0 aliphatic heterocycles. The Balaban J connectivity index is 1.91. The monoisotopic (exact) mass is 269 g/mol. The third-order valence-electron chi connectivity index (χ3n) is 3.51. The molecule has 3 nitrogen and oxygen atoms in total. The van der Waals surface area contributed by atoms with Gasteiger partial charge in [0.05, 0.1) is 7.11 Å². The summed E-state index contributed by atoms with van der Waals surface area (Å²) in [7, 11) is 1.65. The fourth-order valence-corrected chi connectivity index (χ4v) is 2.11. The van der Waals surface area contributed by atoms with Gasteiger partial charge >= 0.3 is 0 Å². The molecule has 20 heavy (non-hydrogen) atoms. The smallest absolute Gasteiger partial charge is 0.140 e. The van der Waals surface area contributed by atoms with Crippen molar-refractivity contribution in [2.24, 2.45) is 0 Å². The molecule has 0 radical (unpaired) electrons. The van der Waals surface area contributed by atoms with Crippen molar-refractivity contribution >= 4 is 5.78 Å². The van der Waals surface area contributed by atoms with Crippen LogP contribution in [0, 0.1) is 0 Å². The first-order valence-electron chi connectivity index (χ1n) is 6.76. The Morgan fingerprint density at radius 2 is 1.80 bits per heavy atom. The maximum Gasteiger partial charge on any atom is 0.140 e. The topological polar surface area (TPSA) is 39.2 Å². The molecule has 2 rings (SSSR count). The number of hydrogen-bond acceptors (Lipinski definition) is 3. The fourth-order valence-electron chi connectivity index (χ4n) is 2.11. The molecule has 0 spiro atoms. The van der Waals surface area contributed by atoms with Crippen molar-refractivity contribution in [3.05, 3.63) is 59.9 Å². The molecule has 1 aromatic carbocycles. The van der Waals surface area contributed by atoms with E-state index in [4.69, 9.17) is 4.74 Å². The number of methoxy groups -OCH3 is 1. The highest BCUT2D eigenvalue weighted by Crippen LogP contribution is 2.19. The second-order valence-corrected chi connectivity index (χ2v) is 4.82. The first kappa shape index (κ1) is 14.3. The van der Waals surface area contributed by atoms with E-state index in [1.54, 1.807) is 19.5 Å². The molecule has 1 aromatic heterocycles. The van der Waals surface area contributed by atoms with Gasteiger partial charge in [0.2, 0.25) is 0 Å². The summed E-state index contributed by atoms with van der Waals surface area (Å²) >= 11 is 0. The lowest BCUT2D eigenvalue weighted by molar-refractivity contribution is -0.120. The lowest BCUT2D eigenvalue weighted by Crippen LogP contribution is -2.10. The largest absolute Gasteiger partial charge is 0.497 e. The molecule has 0 bridgehead atoms. The van der Waals surface area contributed by atoms with E-state index in [1.165, 1.54) is 0 Å². The Kier molecular flexibility index (Phi) is 4.88. The Morgan fingerprint density at radius 3 is 2.40 bits per heavy atom. The minimum absolute atomic E-state index is 0.0729. The molecular weight excluding hydrogens is 250 g/mol. The van der Waals surface area contributed by atoms with Crippen molar-refractivity contribution in [3.63, 3.8) is 0 Å². The van der Waals surface area contributed by atoms with Crippen LogP contribution in [-0.4, -0.2) is 17.9 Å². The molecule has 0 amide bonds. The van der Waals surface area contributed by atoms with Gasteiger partial charge in [-0.2, -0.15) is 0 Å². The van der Waals surface area contributed by atoms with E-state index >= 15 is 0 Å². The molecule has 0 N–H and O–H groups in total. The van der Waals surface area contributed by atoms with Gasteiger partial charge in [0.15, 0.2) is 0 Å². The minimum atomic E-state index is -0.0729. The lowest BCUT2D eigenvalue weighted by atomic mass is 9.94. The maximum atomic E-state index is 12.2. The average Bonchev–Trinajstić information content (AvgIpc) is 2.53. The van der Waals surface area contributed by atoms with Crippen molar-refractivity contribution in [2.45, 2.75) is 25.7 Å². The van der Waals surface area contributed by atoms with Crippen molar-refractivity contribution in [1.29, 1.82) is 0 Å². The Labute approximate surface area is 119 Å². The van der Waals surface area contributed by atoms with Gasteiger partial charge < -0.3 is 4.74 Å². The minimum Gasteiger partial charge on any atom is -0.497 e. The Hall–Kier alpha value is -2.16. The summed E-state index contributed by atoms with van der Waals surface area (Å²) in [5.41, 5.74) is 2.18. The second-order valence-electron chi connectivity index (χ2n) is 4.82. The predicted octanol–water partition coefficient (Wildman–Crippen LogP) is 3.40. The first-order valence-corrected chi connectivity index (χ1v) is 6.76. The fraction of sp³-hybridized carbons (Fsp3) is 0.294. The third-order valence-corrected chi connectivity index (χ3v) is 3.51. The van der Waals surface area contributed by atoms with Gasteiger partial charge in [0, 0.05) is 24.7 Å². The highest BCUT2D eigenvalue weighted by molar-refractivity contribution is 5.85. The van der Waals surface area contributed by atoms with Crippen LogP contribution in [0.4, 0.5) is 0 Å². The summed E-state index contributed by atoms with van der Waals surface area (Å²) in [6, 6.07) is 11.6. The molecule has 0 saturated carbocycles. The van der Waals surface area contributed by atoms with Crippen LogP contribution in [0.3, 0.4) is 0 Å². The number of hydrogen-bond donors (Lipinski definition) is 0. The van der Waals surface area contributed by atoms with Gasteiger partial charge in [0.1, 0.15) is 11.5 Å². The van der Waals surface area contributed by atoms with Crippen LogP contribution in [0.5, 0.6) is 5.75 Å². The van der Waals surface area contributed by atoms with Crippen LogP contribution in [0.2, 0.25) is 0 Å². The zero-order chi connectivity index (χ0) is 14.4. The van der Waals surface area contributed by atoms with E-state index in [0.717, 1.165) is 23.3 Å². The van der Waals surface area contributed by atoms with E-state index in [-0.39, 0.29) is 11.7 Å². The summed E-state index contributed by atoms with van der Waals surface area (Å²) in [6.45, 7) is 1.95. The molecule has 2 aromatic rings. The predicted molar refractivity (Wildman–Crippen MR) is 79.0 cm³/mol. The highest BCUT2D eigenvalue weighted by Gasteiger charge is 2.14. The first-order chi connectivity index (χ1) is 9.70. The maximum absolute atomic E-state index is 12.2. The number of carbonyl (C=O) groups excluding carboxylic acids is 1. The Morgan fingerprint density at radius 1 is 1.15 bits per heavy atom. The molecule has 0 fully saturated rings. The SMILES string of the molecule is COc1ccc(CCC(=O)C(C)c2ccncc2)cc1. The summed E-state index contributed by atoms with van der Waals surface area (Å²) in [5, 5.41) is 0. The van der Waals surface area contributed by atoms with E-state index in [2.05, 4.69) is 4.98 Å². The highest BCUT2D eigenvalue weighted by atomic mass is 16.5. The van der Waals surface area contributed by atoms with Crippen LogP contribution < -0.4 is 4.74 Å². The summed E-state index contributed by atoms with van der Waals surface area (Å²) in [5.74, 6) is 1.02. The zero-order valence-corrected chi connectivity index (χ0v) is 11.9. The number of benzene rings is 1. The number of ether oxygens (including phenoxy) is 1. The number of Topliss-reactive ketones (excluding diaryl/α,β-unsaturated/α-hetero) is 1. The number of aromatic nitrogens is 1. The van der Waals surface area contributed by atoms with Gasteiger partial charge in [0.25, 0.3) is 0 Å². The molecule has 104 valence electrons. The number of rotatable bonds is 6. The molecule has 1 heterocycles. The van der Waals surface area contributed by atoms with Crippen molar-refractivity contribution in [1.82, 2.24) is 4.98 Å². The Bertz CT molecular complexity index is 549. The van der Waals surface area contributed by atoms with Crippen LogP contribution in [-0.2, 0) is 11.2 Å². The molecule has 0 aliphatic carbocycles. The standard InChI is InChI=1S/C17H19NO2/c1-13(15-9-11-18-12-10-15)17(19)8-5-14-3-6-16(20-2)7-4-14/h3-4,6-7,9-13H,5,8H2,1-2H3. The van der Waals surface area contributed by atoms with Crippen LogP contribution in [0.1, 0.15) is 30.4 Å². The van der Waals surface area contributed by atoms with Gasteiger partial charge in [-0.05, 0) is 41.8 Å². The third kappa shape index (κ3) is 3.67. The number of pyridine rings is 1. The number of nitrogens with zero attached hydrogens (tertiary/aromatic N) is 1. The van der Waals surface area contributed by atoms with Crippen molar-refractivity contribution < 1.29 is 9.53 Å². The van der Waals surface area contributed by atoms with Gasteiger partial charge in [-0.3, -0.25) is 9.78 Å². The van der Waals surface area contributed by atoms with Crippen LogP contribution in [0.25, 0.3) is 0 Å². The van der Waals surface area contributed by atoms with Crippen LogP contribution >= 0.6 is 0 Å². The molecule has 1 unspecified atom stereocenters. The van der Waals surface area contributed by atoms with E-state index in [1.807, 2.05) is 43.3 Å². The van der Waals surface area contributed by atoms with Crippen molar-refractivity contribution in [2.75, 3.05) is 7.11 Å². The normalized spacial score (nSPS) is 11.9. The van der Waals surface area contributed by atoms with Gasteiger partial charge in [-0.15, -0.1) is 0 Å². The molecule has 0 aliphatic rings. The average molecular weight is 269 g/mol. The molecule has 1 atom stereocenters. The van der Waals surface area contributed by atoms with E-state index in [9.17, 15) is 4.79 Å².